The van der Waals surface area contributed by atoms with Gasteiger partial charge >= 0.3 is 0 Å². The summed E-state index contributed by atoms with van der Waals surface area (Å²) in [4.78, 5) is 13.4. The molecule has 0 amide bonds. The van der Waals surface area contributed by atoms with Crippen molar-refractivity contribution in [3.05, 3.63) is 40.1 Å². The molecular weight excluding hydrogens is 220 g/mol. The highest BCUT2D eigenvalue weighted by atomic mass is 16.6. The Labute approximate surface area is 98.2 Å². The van der Waals surface area contributed by atoms with Gasteiger partial charge in [-0.2, -0.15) is 0 Å². The Morgan fingerprint density at radius 2 is 2.12 bits per heavy atom. The van der Waals surface area contributed by atoms with Crippen LogP contribution in [0.15, 0.2) is 24.3 Å². The molecule has 90 valence electrons. The number of non-ortho nitro benzene ring substituents is 1. The number of nitro groups is 1. The van der Waals surface area contributed by atoms with Crippen molar-refractivity contribution in [3.63, 3.8) is 0 Å². The van der Waals surface area contributed by atoms with Crippen molar-refractivity contribution < 1.29 is 10.0 Å². The summed E-state index contributed by atoms with van der Waals surface area (Å²) in [5.41, 5.74) is 1.40. The number of aromatic nitrogens is 1. The van der Waals surface area contributed by atoms with Crippen molar-refractivity contribution in [2.75, 3.05) is 6.61 Å². The van der Waals surface area contributed by atoms with Crippen LogP contribution in [0.1, 0.15) is 19.5 Å². The molecule has 1 aromatic heterocycles. The van der Waals surface area contributed by atoms with E-state index in [2.05, 4.69) is 4.98 Å². The second-order valence-corrected chi connectivity index (χ2v) is 4.75. The molecule has 0 aliphatic heterocycles. The van der Waals surface area contributed by atoms with Crippen molar-refractivity contribution in [3.8, 4) is 0 Å². The molecule has 0 atom stereocenters. The third kappa shape index (κ3) is 2.01. The Morgan fingerprint density at radius 1 is 1.41 bits per heavy atom. The van der Waals surface area contributed by atoms with Crippen LogP contribution in [0.2, 0.25) is 0 Å². The van der Waals surface area contributed by atoms with E-state index in [1.165, 1.54) is 12.1 Å². The highest BCUT2D eigenvalue weighted by Gasteiger charge is 2.22. The van der Waals surface area contributed by atoms with Gasteiger partial charge in [-0.05, 0) is 12.1 Å². The lowest BCUT2D eigenvalue weighted by atomic mass is 9.91. The molecule has 2 N–H and O–H groups in total. The largest absolute Gasteiger partial charge is 0.395 e. The Bertz CT molecular complexity index is 572. The topological polar surface area (TPSA) is 79.2 Å². The fourth-order valence-electron chi connectivity index (χ4n) is 1.68. The van der Waals surface area contributed by atoms with Crippen molar-refractivity contribution in [2.45, 2.75) is 19.3 Å². The lowest BCUT2D eigenvalue weighted by Gasteiger charge is -2.19. The number of fused-ring (bicyclic) bond motifs is 1. The first kappa shape index (κ1) is 11.6. The van der Waals surface area contributed by atoms with Gasteiger partial charge in [-0.1, -0.05) is 13.8 Å². The van der Waals surface area contributed by atoms with E-state index in [0.29, 0.717) is 0 Å². The SMILES string of the molecule is CC(C)(CO)c1cc2cc([N+](=O)[O-])ccc2[nH]1. The summed E-state index contributed by atoms with van der Waals surface area (Å²) in [5, 5.41) is 20.7. The van der Waals surface area contributed by atoms with Crippen LogP contribution in [0.3, 0.4) is 0 Å². The van der Waals surface area contributed by atoms with Crippen LogP contribution in [-0.4, -0.2) is 21.6 Å². The van der Waals surface area contributed by atoms with Crippen LogP contribution >= 0.6 is 0 Å². The number of aromatic amines is 1. The number of nitro benzene ring substituents is 1. The highest BCUT2D eigenvalue weighted by molar-refractivity contribution is 5.83. The van der Waals surface area contributed by atoms with E-state index in [1.54, 1.807) is 6.07 Å². The lowest BCUT2D eigenvalue weighted by Crippen LogP contribution is -2.22. The maximum Gasteiger partial charge on any atom is 0.270 e. The summed E-state index contributed by atoms with van der Waals surface area (Å²) in [6, 6.07) is 6.53. The number of nitrogens with one attached hydrogen (secondary N) is 1. The number of H-pyrrole nitrogens is 1. The van der Waals surface area contributed by atoms with Gasteiger partial charge in [-0.15, -0.1) is 0 Å². The molecule has 0 aliphatic carbocycles. The summed E-state index contributed by atoms with van der Waals surface area (Å²) >= 11 is 0. The van der Waals surface area contributed by atoms with Gasteiger partial charge in [0.1, 0.15) is 0 Å². The Kier molecular flexibility index (Phi) is 2.63. The first-order valence-electron chi connectivity index (χ1n) is 5.32. The van der Waals surface area contributed by atoms with Crippen molar-refractivity contribution in [1.82, 2.24) is 4.98 Å². The van der Waals surface area contributed by atoms with Crippen LogP contribution in [0, 0.1) is 10.1 Å². The number of rotatable bonds is 3. The zero-order chi connectivity index (χ0) is 12.6. The summed E-state index contributed by atoms with van der Waals surface area (Å²) < 4.78 is 0. The van der Waals surface area contributed by atoms with E-state index >= 15 is 0 Å². The smallest absolute Gasteiger partial charge is 0.270 e. The molecule has 0 radical (unpaired) electrons. The van der Waals surface area contributed by atoms with Gasteiger partial charge in [0.15, 0.2) is 0 Å². The zero-order valence-corrected chi connectivity index (χ0v) is 9.73. The predicted octanol–water partition coefficient (Wildman–Crippen LogP) is 2.35. The third-order valence-electron chi connectivity index (χ3n) is 2.94. The van der Waals surface area contributed by atoms with Crippen molar-refractivity contribution in [1.29, 1.82) is 0 Å². The molecule has 17 heavy (non-hydrogen) atoms. The molecule has 5 heteroatoms. The maximum absolute atomic E-state index is 10.7. The zero-order valence-electron chi connectivity index (χ0n) is 9.73. The molecule has 1 aromatic carbocycles. The predicted molar refractivity (Wildman–Crippen MR) is 65.1 cm³/mol. The number of hydrogen-bond acceptors (Lipinski definition) is 3. The van der Waals surface area contributed by atoms with E-state index in [9.17, 15) is 15.2 Å². The van der Waals surface area contributed by atoms with Gasteiger partial charge in [0.2, 0.25) is 0 Å². The fraction of sp³-hybridized carbons (Fsp3) is 0.333. The second kappa shape index (κ2) is 3.85. The number of hydrogen-bond donors (Lipinski definition) is 2. The summed E-state index contributed by atoms with van der Waals surface area (Å²) in [6.07, 6.45) is 0. The van der Waals surface area contributed by atoms with Crippen LogP contribution < -0.4 is 0 Å². The molecule has 5 nitrogen and oxygen atoms in total. The van der Waals surface area contributed by atoms with Gasteiger partial charge in [0.05, 0.1) is 11.5 Å². The standard InChI is InChI=1S/C12H14N2O3/c1-12(2,7-15)11-6-8-5-9(14(16)17)3-4-10(8)13-11/h3-6,13,15H,7H2,1-2H3. The van der Waals surface area contributed by atoms with Gasteiger partial charge in [0.25, 0.3) is 5.69 Å². The molecular formula is C12H14N2O3. The van der Waals surface area contributed by atoms with Crippen molar-refractivity contribution >= 4 is 16.6 Å². The number of aliphatic hydroxyl groups is 1. The molecule has 0 fully saturated rings. The molecule has 0 spiro atoms. The minimum absolute atomic E-state index is 0.0158. The third-order valence-corrected chi connectivity index (χ3v) is 2.94. The van der Waals surface area contributed by atoms with E-state index in [0.717, 1.165) is 16.6 Å². The summed E-state index contributed by atoms with van der Waals surface area (Å²) in [6.45, 7) is 3.83. The van der Waals surface area contributed by atoms with Gasteiger partial charge in [-0.25, -0.2) is 0 Å². The molecule has 0 aliphatic rings. The Morgan fingerprint density at radius 3 is 2.71 bits per heavy atom. The van der Waals surface area contributed by atoms with Crippen molar-refractivity contribution in [2.24, 2.45) is 0 Å². The first-order valence-corrected chi connectivity index (χ1v) is 5.32. The average molecular weight is 234 g/mol. The maximum atomic E-state index is 10.7. The summed E-state index contributed by atoms with van der Waals surface area (Å²) in [5.74, 6) is 0. The second-order valence-electron chi connectivity index (χ2n) is 4.75. The monoisotopic (exact) mass is 234 g/mol. The van der Waals surface area contributed by atoms with E-state index < -0.39 is 4.92 Å². The fourth-order valence-corrected chi connectivity index (χ4v) is 1.68. The van der Waals surface area contributed by atoms with Crippen LogP contribution in [0.4, 0.5) is 5.69 Å². The molecule has 1 heterocycles. The number of aliphatic hydroxyl groups excluding tert-OH is 1. The molecule has 0 saturated carbocycles. The molecule has 2 rings (SSSR count). The molecule has 0 unspecified atom stereocenters. The quantitative estimate of drug-likeness (QED) is 0.632. The Balaban J connectivity index is 2.54. The van der Waals surface area contributed by atoms with Gasteiger partial charge in [0, 0.05) is 34.1 Å². The van der Waals surface area contributed by atoms with Crippen LogP contribution in [-0.2, 0) is 5.41 Å². The average Bonchev–Trinajstić information content (AvgIpc) is 2.72. The lowest BCUT2D eigenvalue weighted by molar-refractivity contribution is -0.384. The van der Waals surface area contributed by atoms with Gasteiger partial charge in [-0.3, -0.25) is 10.1 Å². The summed E-state index contributed by atoms with van der Waals surface area (Å²) in [7, 11) is 0. The minimum atomic E-state index is -0.413. The van der Waals surface area contributed by atoms with Gasteiger partial charge < -0.3 is 10.1 Å². The van der Waals surface area contributed by atoms with Crippen LogP contribution in [0.5, 0.6) is 0 Å². The Hall–Kier alpha value is -1.88. The number of benzene rings is 1. The van der Waals surface area contributed by atoms with Crippen LogP contribution in [0.25, 0.3) is 10.9 Å². The normalized spacial score (nSPS) is 11.9. The minimum Gasteiger partial charge on any atom is -0.395 e. The first-order chi connectivity index (χ1) is 7.94. The molecule has 0 saturated heterocycles. The van der Waals surface area contributed by atoms with E-state index in [4.69, 9.17) is 0 Å². The van der Waals surface area contributed by atoms with E-state index in [1.807, 2.05) is 19.9 Å². The molecule has 0 bridgehead atoms. The van der Waals surface area contributed by atoms with E-state index in [-0.39, 0.29) is 17.7 Å². The molecule has 2 aromatic rings. The highest BCUT2D eigenvalue weighted by Crippen LogP contribution is 2.28. The number of nitrogens with zero attached hydrogens (tertiary/aromatic N) is 1.